The monoisotopic (exact) mass is 1150 g/mol. The molecule has 0 aliphatic rings. The molecule has 0 bridgehead atoms. The Labute approximate surface area is 508 Å². The van der Waals surface area contributed by atoms with Crippen LogP contribution in [0.2, 0.25) is 0 Å². The summed E-state index contributed by atoms with van der Waals surface area (Å²) in [5.41, 5.74) is 7.05. The standard InChI is InChI=1S/C28H28N8O21S7.5Na/c29-26-21(34-31-18-3-1-2-4-23(18)61(42,43)44)15-22(35-32-19-7-5-16(13-24(19)62(45,46)47)59(38,39)11-9-54-58-57-56-37)27(30)28(26)36-33-20-8-6-17(14-25(20)63(48,49)50)60(40,41)12-10-55-64(51,52)53;;;;;/h1-8,13-15,37H,9-12,29-30H2,(H,42,43,44)(H,45,46,47)(H,48,49,50)(H,51,52,53);;;;;/q;5*+1/p-5. The summed E-state index contributed by atoms with van der Waals surface area (Å²) < 4.78 is 204. The third-order valence-electron chi connectivity index (χ3n) is 7.50. The summed E-state index contributed by atoms with van der Waals surface area (Å²) in [5.74, 6) is -2.01. The van der Waals surface area contributed by atoms with Crippen LogP contribution >= 0.6 is 12.3 Å². The Balaban J connectivity index is 0. The number of nitrogens with zero attached hydrogens (tertiary/aromatic N) is 6. The fourth-order valence-corrected chi connectivity index (χ4v) is 9.61. The quantitative estimate of drug-likeness (QED) is 0.00900. The molecule has 29 nitrogen and oxygen atoms in total. The first-order valence-electron chi connectivity index (χ1n) is 16.1. The van der Waals surface area contributed by atoms with Crippen molar-refractivity contribution in [3.05, 3.63) is 66.7 Å². The Morgan fingerprint density at radius 3 is 1.30 bits per heavy atom. The number of nitrogens with two attached hydrogens (primary N) is 2. The van der Waals surface area contributed by atoms with Crippen LogP contribution in [-0.2, 0) is 78.2 Å². The van der Waals surface area contributed by atoms with E-state index in [1.54, 1.807) is 0 Å². The van der Waals surface area contributed by atoms with Gasteiger partial charge in [0.25, 0.3) is 0 Å². The van der Waals surface area contributed by atoms with Crippen LogP contribution in [0.4, 0.5) is 45.5 Å². The van der Waals surface area contributed by atoms with Crippen LogP contribution in [0.25, 0.3) is 0 Å². The van der Waals surface area contributed by atoms with Crippen LogP contribution in [0, 0.1) is 0 Å². The molecule has 0 aromatic heterocycles. The van der Waals surface area contributed by atoms with Crippen molar-refractivity contribution in [2.75, 3.05) is 36.2 Å². The normalized spacial score (nSPS) is 12.4. The number of hydrogen-bond donors (Lipinski definition) is 2. The zero-order chi connectivity index (χ0) is 47.9. The molecule has 348 valence electrons. The maximum Gasteiger partial charge on any atom is 1.00 e. The molecular weight excluding hydrogens is 1120 g/mol. The molecule has 4 N–H and O–H groups in total. The smallest absolute Gasteiger partial charge is 0.744 e. The molecule has 0 aliphatic heterocycles. The van der Waals surface area contributed by atoms with Crippen LogP contribution in [0.15, 0.2) is 122 Å². The number of nitrogen functional groups attached to an aromatic ring is 2. The van der Waals surface area contributed by atoms with E-state index in [1.807, 2.05) is 0 Å². The van der Waals surface area contributed by atoms with E-state index in [9.17, 15) is 74.0 Å². The van der Waals surface area contributed by atoms with Gasteiger partial charge in [-0.25, -0.2) is 50.5 Å². The van der Waals surface area contributed by atoms with E-state index in [4.69, 9.17) is 11.5 Å². The van der Waals surface area contributed by atoms with Crippen molar-refractivity contribution in [1.29, 1.82) is 0 Å². The van der Waals surface area contributed by atoms with Crippen LogP contribution in [0.1, 0.15) is 0 Å². The fraction of sp³-hybridized carbons (Fsp3) is 0.143. The molecule has 0 radical (unpaired) electrons. The SMILES string of the molecule is Nc1c(N=Nc2ccccc2S(=O)(=O)[O-])cc(N=Nc2ccc(S(=O)(=O)CCOSOO[O-])cc2S(=O)(=O)[O-])c(N)c1N=Nc1ccc(S(=O)(=O)CCOS(=O)(=O)[O-])cc1S(=O)(=O)[O-].[Na+].[Na+].[Na+].[Na+].[Na+]. The number of sulfone groups is 2. The third kappa shape index (κ3) is 21.3. The molecule has 4 rings (SSSR count). The molecule has 0 saturated carbocycles. The average Bonchev–Trinajstić information content (AvgIpc) is 3.18. The molecule has 69 heavy (non-hydrogen) atoms. The summed E-state index contributed by atoms with van der Waals surface area (Å²) in [6.07, 6.45) is 0. The van der Waals surface area contributed by atoms with E-state index in [0.717, 1.165) is 30.3 Å². The van der Waals surface area contributed by atoms with Crippen molar-refractivity contribution in [2.45, 2.75) is 24.5 Å². The van der Waals surface area contributed by atoms with Gasteiger partial charge in [-0.15, -0.1) is 35.0 Å². The summed E-state index contributed by atoms with van der Waals surface area (Å²) in [5, 5.41) is 35.2. The second-order valence-electron chi connectivity index (χ2n) is 11.7. The van der Waals surface area contributed by atoms with Crippen LogP contribution < -0.4 is 165 Å². The molecule has 0 saturated heterocycles. The molecule has 0 aliphatic carbocycles. The van der Waals surface area contributed by atoms with Crippen molar-refractivity contribution in [1.82, 2.24) is 0 Å². The van der Waals surface area contributed by atoms with Gasteiger partial charge < -0.3 is 34.9 Å². The molecule has 0 amide bonds. The summed E-state index contributed by atoms with van der Waals surface area (Å²) >= 11 is -0.0165. The van der Waals surface area contributed by atoms with Crippen LogP contribution in [-0.4, -0.2) is 93.4 Å². The van der Waals surface area contributed by atoms with Gasteiger partial charge in [-0.3, -0.25) is 13.4 Å². The maximum absolute atomic E-state index is 12.8. The minimum absolute atomic E-state index is 0. The number of anilines is 2. The van der Waals surface area contributed by atoms with Crippen molar-refractivity contribution < 1.29 is 239 Å². The minimum Gasteiger partial charge on any atom is -0.744 e. The van der Waals surface area contributed by atoms with E-state index in [-0.39, 0.29) is 160 Å². The van der Waals surface area contributed by atoms with E-state index in [0.29, 0.717) is 24.3 Å². The topological polar surface area (TPSA) is 483 Å². The van der Waals surface area contributed by atoms with Crippen molar-refractivity contribution >= 4 is 118 Å². The molecule has 0 heterocycles. The molecule has 4 aromatic rings. The van der Waals surface area contributed by atoms with E-state index < -0.39 is 155 Å². The van der Waals surface area contributed by atoms with E-state index in [1.165, 1.54) is 12.1 Å². The average molecular weight is 1150 g/mol. The fourth-order valence-electron chi connectivity index (χ4n) is 4.65. The Kier molecular flexibility index (Phi) is 30.8. The van der Waals surface area contributed by atoms with Crippen molar-refractivity contribution in [3.8, 4) is 0 Å². The number of hydrogen-bond acceptors (Lipinski definition) is 30. The predicted molar refractivity (Wildman–Crippen MR) is 206 cm³/mol. The van der Waals surface area contributed by atoms with Crippen molar-refractivity contribution in [2.24, 2.45) is 30.7 Å². The molecule has 41 heteroatoms. The van der Waals surface area contributed by atoms with Gasteiger partial charge >= 0.3 is 148 Å². The van der Waals surface area contributed by atoms with Gasteiger partial charge in [0, 0.05) is 0 Å². The molecule has 0 fully saturated rings. The van der Waals surface area contributed by atoms with Gasteiger partial charge in [-0.1, -0.05) is 12.1 Å². The van der Waals surface area contributed by atoms with E-state index in [2.05, 4.69) is 48.4 Å². The molecular formula is C28H23N8Na5O21S7. The van der Waals surface area contributed by atoms with Crippen LogP contribution in [0.5, 0.6) is 0 Å². The Hall–Kier alpha value is -0.0300. The molecule has 0 spiro atoms. The largest absolute Gasteiger partial charge is 1.00 e. The Morgan fingerprint density at radius 1 is 0.493 bits per heavy atom. The number of azo groups is 3. The summed E-state index contributed by atoms with van der Waals surface area (Å²) in [7, 11) is -30.6. The second-order valence-corrected chi connectivity index (χ2v) is 21.5. The minimum atomic E-state index is -5.62. The first-order chi connectivity index (χ1) is 29.5. The van der Waals surface area contributed by atoms with Gasteiger partial charge in [0.15, 0.2) is 32.0 Å². The molecule has 4 aromatic carbocycles. The van der Waals surface area contributed by atoms with Crippen LogP contribution in [0.3, 0.4) is 0 Å². The molecule has 0 atom stereocenters. The zero-order valence-corrected chi connectivity index (χ0v) is 51.7. The third-order valence-corrected chi connectivity index (χ3v) is 14.3. The first-order valence-corrected chi connectivity index (χ1v) is 25.6. The van der Waals surface area contributed by atoms with Gasteiger partial charge in [0.2, 0.25) is 10.4 Å². The van der Waals surface area contributed by atoms with E-state index >= 15 is 0 Å². The number of rotatable bonds is 21. The summed E-state index contributed by atoms with van der Waals surface area (Å²) in [4.78, 5) is -5.02. The van der Waals surface area contributed by atoms with Gasteiger partial charge in [-0.2, -0.15) is 0 Å². The second kappa shape index (κ2) is 29.9. The van der Waals surface area contributed by atoms with Gasteiger partial charge in [0.1, 0.15) is 64.5 Å². The predicted octanol–water partition coefficient (Wildman–Crippen LogP) is -13.3. The maximum atomic E-state index is 12.8. The zero-order valence-electron chi connectivity index (χ0n) is 35.9. The van der Waals surface area contributed by atoms with Gasteiger partial charge in [-0.05, 0) is 54.6 Å². The summed E-state index contributed by atoms with van der Waals surface area (Å²) in [6, 6.07) is 8.93. The Morgan fingerprint density at radius 2 is 0.884 bits per heavy atom. The Bertz CT molecular complexity index is 3250. The van der Waals surface area contributed by atoms with Crippen molar-refractivity contribution in [3.63, 3.8) is 0 Å². The first kappa shape index (κ1) is 71.0. The number of benzene rings is 4. The van der Waals surface area contributed by atoms with Gasteiger partial charge in [0.05, 0.1) is 60.6 Å². The molecule has 0 unspecified atom stereocenters. The summed E-state index contributed by atoms with van der Waals surface area (Å²) in [6.45, 7) is -1.81.